The minimum Gasteiger partial charge on any atom is -0.684 e. The van der Waals surface area contributed by atoms with Crippen LogP contribution in [-0.2, 0) is 0 Å². The molecule has 0 spiro atoms. The molecule has 0 radical (unpaired) electrons. The lowest BCUT2D eigenvalue weighted by Crippen LogP contribution is -2.03. The first-order valence-electron chi connectivity index (χ1n) is 4.04. The highest BCUT2D eigenvalue weighted by Gasteiger charge is 2.03. The molecule has 0 bridgehead atoms. The van der Waals surface area contributed by atoms with Gasteiger partial charge in [0, 0.05) is 0 Å². The average Bonchev–Trinajstić information content (AvgIpc) is 2.05. The molecule has 1 heterocycles. The lowest BCUT2D eigenvalue weighted by atomic mass is 9.96. The van der Waals surface area contributed by atoms with Crippen molar-refractivity contribution in [3.05, 3.63) is 28.7 Å². The van der Waals surface area contributed by atoms with E-state index in [1.165, 1.54) is 37.0 Å². The van der Waals surface area contributed by atoms with Crippen molar-refractivity contribution < 1.29 is 0 Å². The van der Waals surface area contributed by atoms with Crippen molar-refractivity contribution in [2.75, 3.05) is 6.54 Å². The van der Waals surface area contributed by atoms with E-state index in [0.717, 1.165) is 6.54 Å². The van der Waals surface area contributed by atoms with E-state index in [0.29, 0.717) is 0 Å². The highest BCUT2D eigenvalue weighted by Crippen LogP contribution is 2.31. The molecule has 0 N–H and O–H groups in total. The Morgan fingerprint density at radius 1 is 1.20 bits per heavy atom. The number of allylic oxidation sites excluding steroid dienone is 3. The van der Waals surface area contributed by atoms with Gasteiger partial charge in [0.25, 0.3) is 0 Å². The van der Waals surface area contributed by atoms with E-state index in [4.69, 9.17) is 0 Å². The Hall–Kier alpha value is -0.720. The highest BCUT2D eigenvalue weighted by molar-refractivity contribution is 5.43. The van der Waals surface area contributed by atoms with Crippen LogP contribution in [0.2, 0.25) is 0 Å². The van der Waals surface area contributed by atoms with Gasteiger partial charge in [0.05, 0.1) is 0 Å². The summed E-state index contributed by atoms with van der Waals surface area (Å²) < 4.78 is 0. The van der Waals surface area contributed by atoms with Crippen LogP contribution < -0.4 is 0 Å². The SMILES string of the molecule is C1=C2CCC[N-]C2=CCC1. The quantitative estimate of drug-likeness (QED) is 0.483. The molecule has 10 heavy (non-hydrogen) atoms. The maximum Gasteiger partial charge on any atom is -0.0309 e. The Kier molecular flexibility index (Phi) is 1.50. The van der Waals surface area contributed by atoms with Crippen molar-refractivity contribution >= 4 is 0 Å². The summed E-state index contributed by atoms with van der Waals surface area (Å²) in [5, 5.41) is 4.44. The van der Waals surface area contributed by atoms with Crippen LogP contribution in [0.25, 0.3) is 5.32 Å². The van der Waals surface area contributed by atoms with Crippen LogP contribution in [0.5, 0.6) is 0 Å². The van der Waals surface area contributed by atoms with Gasteiger partial charge in [0.1, 0.15) is 0 Å². The summed E-state index contributed by atoms with van der Waals surface area (Å²) in [6.45, 7) is 1.04. The second-order valence-corrected chi connectivity index (χ2v) is 2.88. The molecule has 1 heteroatoms. The standard InChI is InChI=1S/C9H12N/c1-2-6-9-8(4-1)5-3-7-10-9/h4,6H,1-3,5,7H2/q-1. The molecule has 1 aliphatic heterocycles. The van der Waals surface area contributed by atoms with E-state index < -0.39 is 0 Å². The molecule has 1 saturated heterocycles. The van der Waals surface area contributed by atoms with Crippen LogP contribution in [0, 0.1) is 0 Å². The number of fused-ring (bicyclic) bond motifs is 1. The van der Waals surface area contributed by atoms with Crippen molar-refractivity contribution in [1.29, 1.82) is 0 Å². The summed E-state index contributed by atoms with van der Waals surface area (Å²) >= 11 is 0. The lowest BCUT2D eigenvalue weighted by Gasteiger charge is -2.35. The van der Waals surface area contributed by atoms with Crippen LogP contribution in [0.4, 0.5) is 0 Å². The van der Waals surface area contributed by atoms with E-state index >= 15 is 0 Å². The van der Waals surface area contributed by atoms with Crippen molar-refractivity contribution in [3.8, 4) is 0 Å². The van der Waals surface area contributed by atoms with Gasteiger partial charge in [0.15, 0.2) is 0 Å². The molecular weight excluding hydrogens is 122 g/mol. The third-order valence-electron chi connectivity index (χ3n) is 2.11. The number of hydrogen-bond acceptors (Lipinski definition) is 0. The van der Waals surface area contributed by atoms with Gasteiger partial charge in [-0.1, -0.05) is 24.1 Å². The molecule has 0 aromatic heterocycles. The van der Waals surface area contributed by atoms with E-state index in [-0.39, 0.29) is 0 Å². The lowest BCUT2D eigenvalue weighted by molar-refractivity contribution is 0.802. The normalized spacial score (nSPS) is 24.0. The molecule has 0 aromatic carbocycles. The van der Waals surface area contributed by atoms with Gasteiger partial charge >= 0.3 is 0 Å². The Labute approximate surface area is 61.8 Å². The first kappa shape index (κ1) is 6.02. The van der Waals surface area contributed by atoms with Gasteiger partial charge < -0.3 is 5.32 Å². The molecule has 1 nitrogen and oxygen atoms in total. The largest absolute Gasteiger partial charge is 0.684 e. The highest BCUT2D eigenvalue weighted by atomic mass is 14.9. The third kappa shape index (κ3) is 0.962. The molecule has 1 fully saturated rings. The molecule has 0 unspecified atom stereocenters. The molecule has 54 valence electrons. The Morgan fingerprint density at radius 2 is 2.10 bits per heavy atom. The van der Waals surface area contributed by atoms with E-state index in [1.807, 2.05) is 0 Å². The fourth-order valence-corrected chi connectivity index (χ4v) is 1.58. The maximum absolute atomic E-state index is 4.44. The van der Waals surface area contributed by atoms with Crippen LogP contribution in [0.1, 0.15) is 25.7 Å². The smallest absolute Gasteiger partial charge is 0.0309 e. The zero-order chi connectivity index (χ0) is 6.81. The molecular formula is C9H12N-. The summed E-state index contributed by atoms with van der Waals surface area (Å²) in [5.41, 5.74) is 2.79. The number of hydrogen-bond donors (Lipinski definition) is 0. The summed E-state index contributed by atoms with van der Waals surface area (Å²) in [5.74, 6) is 0. The van der Waals surface area contributed by atoms with Crippen LogP contribution in [0.3, 0.4) is 0 Å². The first-order valence-corrected chi connectivity index (χ1v) is 4.04. The molecule has 1 aliphatic carbocycles. The molecule has 0 amide bonds. The summed E-state index contributed by atoms with van der Waals surface area (Å²) in [4.78, 5) is 0. The zero-order valence-electron chi connectivity index (χ0n) is 6.14. The molecule has 0 atom stereocenters. The predicted octanol–water partition coefficient (Wildman–Crippen LogP) is 2.76. The monoisotopic (exact) mass is 134 g/mol. The van der Waals surface area contributed by atoms with Gasteiger partial charge in [-0.3, -0.25) is 0 Å². The summed E-state index contributed by atoms with van der Waals surface area (Å²) in [7, 11) is 0. The number of piperidine rings is 1. The molecule has 2 rings (SSSR count). The van der Waals surface area contributed by atoms with Crippen molar-refractivity contribution in [1.82, 2.24) is 0 Å². The molecule has 0 saturated carbocycles. The van der Waals surface area contributed by atoms with Crippen LogP contribution in [-0.4, -0.2) is 6.54 Å². The Balaban J connectivity index is 2.19. The van der Waals surface area contributed by atoms with Gasteiger partial charge in [-0.2, -0.15) is 0 Å². The van der Waals surface area contributed by atoms with E-state index in [9.17, 15) is 0 Å². The zero-order valence-corrected chi connectivity index (χ0v) is 6.14. The van der Waals surface area contributed by atoms with Crippen molar-refractivity contribution in [2.24, 2.45) is 0 Å². The maximum atomic E-state index is 4.44. The van der Waals surface area contributed by atoms with Gasteiger partial charge in [-0.25, -0.2) is 0 Å². The third-order valence-corrected chi connectivity index (χ3v) is 2.11. The topological polar surface area (TPSA) is 14.1 Å². The van der Waals surface area contributed by atoms with Crippen LogP contribution in [0.15, 0.2) is 23.4 Å². The van der Waals surface area contributed by atoms with Crippen molar-refractivity contribution in [2.45, 2.75) is 25.7 Å². The van der Waals surface area contributed by atoms with E-state index in [1.54, 1.807) is 0 Å². The minimum absolute atomic E-state index is 1.04. The Morgan fingerprint density at radius 3 is 3.00 bits per heavy atom. The molecule has 2 aliphatic rings. The van der Waals surface area contributed by atoms with Gasteiger partial charge in [-0.05, 0) is 19.3 Å². The van der Waals surface area contributed by atoms with Crippen LogP contribution >= 0.6 is 0 Å². The fourth-order valence-electron chi connectivity index (χ4n) is 1.58. The minimum atomic E-state index is 1.04. The Bertz CT molecular complexity index is 167. The second kappa shape index (κ2) is 2.49. The average molecular weight is 134 g/mol. The number of rotatable bonds is 0. The summed E-state index contributed by atoms with van der Waals surface area (Å²) in [6, 6.07) is 0. The first-order chi connectivity index (χ1) is 4.97. The number of nitrogens with zero attached hydrogens (tertiary/aromatic N) is 1. The van der Waals surface area contributed by atoms with Gasteiger partial charge in [-0.15, -0.1) is 12.2 Å². The summed E-state index contributed by atoms with van der Waals surface area (Å²) in [6.07, 6.45) is 9.56. The van der Waals surface area contributed by atoms with Crippen molar-refractivity contribution in [3.63, 3.8) is 0 Å². The second-order valence-electron chi connectivity index (χ2n) is 2.88. The fraction of sp³-hybridized carbons (Fsp3) is 0.556. The van der Waals surface area contributed by atoms with Gasteiger partial charge in [0.2, 0.25) is 0 Å². The van der Waals surface area contributed by atoms with E-state index in [2.05, 4.69) is 17.5 Å². The predicted molar refractivity (Wildman–Crippen MR) is 42.9 cm³/mol. The molecule has 0 aromatic rings.